The van der Waals surface area contributed by atoms with E-state index in [1.165, 1.54) is 14.0 Å². The van der Waals surface area contributed by atoms with E-state index in [2.05, 4.69) is 10.1 Å². The third-order valence-corrected chi connectivity index (χ3v) is 4.72. The summed E-state index contributed by atoms with van der Waals surface area (Å²) >= 11 is 0. The van der Waals surface area contributed by atoms with E-state index in [4.69, 9.17) is 9.47 Å². The van der Waals surface area contributed by atoms with Crippen molar-refractivity contribution in [2.45, 2.75) is 77.7 Å². The van der Waals surface area contributed by atoms with E-state index in [-0.39, 0.29) is 6.42 Å². The maximum Gasteiger partial charge on any atom is 0.421 e. The van der Waals surface area contributed by atoms with E-state index in [0.717, 1.165) is 5.56 Å². The third kappa shape index (κ3) is 5.20. The van der Waals surface area contributed by atoms with Crippen molar-refractivity contribution in [3.63, 3.8) is 0 Å². The van der Waals surface area contributed by atoms with Gasteiger partial charge < -0.3 is 19.5 Å². The number of rotatable bonds is 4. The van der Waals surface area contributed by atoms with Gasteiger partial charge in [0.15, 0.2) is 5.54 Å². The van der Waals surface area contributed by atoms with E-state index in [9.17, 15) is 19.2 Å². The van der Waals surface area contributed by atoms with Gasteiger partial charge in [0.25, 0.3) is 5.91 Å². The summed E-state index contributed by atoms with van der Waals surface area (Å²) in [4.78, 5) is 52.7. The Morgan fingerprint density at radius 1 is 0.969 bits per heavy atom. The molecule has 9 nitrogen and oxygen atoms in total. The quantitative estimate of drug-likeness (QED) is 0.556. The molecule has 0 heterocycles. The van der Waals surface area contributed by atoms with E-state index in [1.807, 2.05) is 0 Å². The highest BCUT2D eigenvalue weighted by Gasteiger charge is 2.60. The maximum atomic E-state index is 13.5. The predicted octanol–water partition coefficient (Wildman–Crippen LogP) is 3.29. The van der Waals surface area contributed by atoms with Gasteiger partial charge in [0.1, 0.15) is 17.2 Å². The zero-order valence-corrected chi connectivity index (χ0v) is 19.9. The van der Waals surface area contributed by atoms with Gasteiger partial charge in [-0.25, -0.2) is 14.4 Å². The van der Waals surface area contributed by atoms with Crippen LogP contribution in [0.25, 0.3) is 0 Å². The predicted molar refractivity (Wildman–Crippen MR) is 116 cm³/mol. The Labute approximate surface area is 188 Å². The highest BCUT2D eigenvalue weighted by Crippen LogP contribution is 2.45. The van der Waals surface area contributed by atoms with Crippen LogP contribution in [-0.2, 0) is 35.8 Å². The average Bonchev–Trinajstić information content (AvgIpc) is 2.61. The summed E-state index contributed by atoms with van der Waals surface area (Å²) in [6, 6.07) is 5.95. The number of carbonyl (C=O) groups excluding carboxylic acids is 4. The molecule has 0 aromatic heterocycles. The number of methoxy groups -OCH3 is 1. The van der Waals surface area contributed by atoms with Crippen LogP contribution in [0.4, 0.5) is 9.59 Å². The average molecular weight is 449 g/mol. The summed E-state index contributed by atoms with van der Waals surface area (Å²) in [5.74, 6) is -1.38. The van der Waals surface area contributed by atoms with Gasteiger partial charge >= 0.3 is 18.2 Å². The lowest BCUT2D eigenvalue weighted by Crippen LogP contribution is -2.67. The summed E-state index contributed by atoms with van der Waals surface area (Å²) in [7, 11) is 1.20. The fourth-order valence-corrected chi connectivity index (χ4v) is 3.40. The maximum absolute atomic E-state index is 13.5. The zero-order valence-electron chi connectivity index (χ0n) is 19.9. The normalized spacial score (nSPS) is 18.4. The standard InChI is InChI=1S/C23H32N2O7/c1-14(17(26)30-8)24-18(27)23(13-15-11-9-10-12-16(15)23)25(19(28)31-21(2,3)4)20(29)32-22(5,6)7/h9-12,14H,13H2,1-8H3,(H,24,27)/t14-,23?/m0/s1. The van der Waals surface area contributed by atoms with Crippen molar-refractivity contribution in [1.29, 1.82) is 0 Å². The first-order chi connectivity index (χ1) is 14.6. The van der Waals surface area contributed by atoms with Crippen molar-refractivity contribution in [3.05, 3.63) is 35.4 Å². The Morgan fingerprint density at radius 2 is 1.47 bits per heavy atom. The molecule has 1 N–H and O–H groups in total. The molecule has 32 heavy (non-hydrogen) atoms. The number of nitrogens with one attached hydrogen (secondary N) is 1. The highest BCUT2D eigenvalue weighted by molar-refractivity contribution is 6.02. The molecule has 1 aliphatic carbocycles. The number of hydrogen-bond acceptors (Lipinski definition) is 7. The molecule has 0 saturated carbocycles. The molecule has 0 spiro atoms. The van der Waals surface area contributed by atoms with Crippen molar-refractivity contribution in [3.8, 4) is 0 Å². The first kappa shape index (κ1) is 25.2. The summed E-state index contributed by atoms with van der Waals surface area (Å²) in [5, 5.41) is 2.56. The summed E-state index contributed by atoms with van der Waals surface area (Å²) in [6.07, 6.45) is -2.01. The zero-order chi connectivity index (χ0) is 24.5. The van der Waals surface area contributed by atoms with Gasteiger partial charge in [-0.2, -0.15) is 4.90 Å². The van der Waals surface area contributed by atoms with Crippen LogP contribution in [0.2, 0.25) is 0 Å². The number of nitrogens with zero attached hydrogens (tertiary/aromatic N) is 1. The molecule has 1 aliphatic rings. The number of hydrogen-bond donors (Lipinski definition) is 1. The lowest BCUT2D eigenvalue weighted by atomic mass is 9.68. The molecule has 0 saturated heterocycles. The minimum Gasteiger partial charge on any atom is -0.467 e. The van der Waals surface area contributed by atoms with Gasteiger partial charge in [-0.1, -0.05) is 24.3 Å². The van der Waals surface area contributed by atoms with Gasteiger partial charge in [0.2, 0.25) is 0 Å². The molecule has 0 bridgehead atoms. The van der Waals surface area contributed by atoms with E-state index in [1.54, 1.807) is 65.8 Å². The molecule has 9 heteroatoms. The van der Waals surface area contributed by atoms with Gasteiger partial charge in [-0.05, 0) is 59.6 Å². The van der Waals surface area contributed by atoms with Gasteiger partial charge in [-0.3, -0.25) is 4.79 Å². The number of amides is 3. The molecule has 1 unspecified atom stereocenters. The number of esters is 1. The first-order valence-corrected chi connectivity index (χ1v) is 10.4. The topological polar surface area (TPSA) is 111 Å². The SMILES string of the molecule is COC(=O)[C@H](C)NC(=O)C1(N(C(=O)OC(C)(C)C)C(=O)OC(C)(C)C)Cc2ccccc21. The van der Waals surface area contributed by atoms with Crippen molar-refractivity contribution >= 4 is 24.1 Å². The Hall–Kier alpha value is -3.10. The molecule has 3 amide bonds. The molecule has 2 rings (SSSR count). The fraction of sp³-hybridized carbons (Fsp3) is 0.565. The van der Waals surface area contributed by atoms with Gasteiger partial charge in [0, 0.05) is 6.42 Å². The van der Waals surface area contributed by atoms with Crippen LogP contribution in [0.5, 0.6) is 0 Å². The Morgan fingerprint density at radius 3 is 1.91 bits per heavy atom. The van der Waals surface area contributed by atoms with E-state index in [0.29, 0.717) is 10.5 Å². The second-order valence-corrected chi connectivity index (χ2v) is 9.71. The van der Waals surface area contributed by atoms with Crippen LogP contribution in [0.3, 0.4) is 0 Å². The molecule has 0 radical (unpaired) electrons. The second kappa shape index (κ2) is 8.80. The largest absolute Gasteiger partial charge is 0.467 e. The molecule has 2 atom stereocenters. The van der Waals surface area contributed by atoms with Crippen LogP contribution in [-0.4, -0.2) is 53.3 Å². The van der Waals surface area contributed by atoms with Crippen molar-refractivity contribution in [2.24, 2.45) is 0 Å². The lowest BCUT2D eigenvalue weighted by molar-refractivity contribution is -0.147. The van der Waals surface area contributed by atoms with Crippen LogP contribution < -0.4 is 5.32 Å². The Balaban J connectivity index is 2.60. The van der Waals surface area contributed by atoms with Crippen LogP contribution in [0.15, 0.2) is 24.3 Å². The monoisotopic (exact) mass is 448 g/mol. The summed E-state index contributed by atoms with van der Waals surface area (Å²) in [5.41, 5.74) is -2.38. The molecular formula is C23H32N2O7. The van der Waals surface area contributed by atoms with Crippen molar-refractivity contribution in [1.82, 2.24) is 10.2 Å². The minimum atomic E-state index is -1.75. The number of fused-ring (bicyclic) bond motifs is 1. The summed E-state index contributed by atoms with van der Waals surface area (Å²) < 4.78 is 15.6. The Kier molecular flexibility index (Phi) is 6.92. The van der Waals surface area contributed by atoms with Crippen molar-refractivity contribution in [2.75, 3.05) is 7.11 Å². The molecule has 0 aliphatic heterocycles. The van der Waals surface area contributed by atoms with Crippen LogP contribution >= 0.6 is 0 Å². The van der Waals surface area contributed by atoms with E-state index >= 15 is 0 Å². The highest BCUT2D eigenvalue weighted by atomic mass is 16.6. The van der Waals surface area contributed by atoms with E-state index < -0.39 is 46.8 Å². The number of ether oxygens (including phenoxy) is 3. The van der Waals surface area contributed by atoms with Crippen molar-refractivity contribution < 1.29 is 33.4 Å². The smallest absolute Gasteiger partial charge is 0.421 e. The number of benzene rings is 1. The molecular weight excluding hydrogens is 416 g/mol. The third-order valence-electron chi connectivity index (χ3n) is 4.72. The lowest BCUT2D eigenvalue weighted by Gasteiger charge is -2.48. The number of carbonyl (C=O) groups is 4. The molecule has 1 aromatic carbocycles. The van der Waals surface area contributed by atoms with Crippen LogP contribution in [0, 0.1) is 0 Å². The summed E-state index contributed by atoms with van der Waals surface area (Å²) in [6.45, 7) is 11.4. The van der Waals surface area contributed by atoms with Gasteiger partial charge in [0.05, 0.1) is 7.11 Å². The number of imide groups is 1. The molecule has 1 aromatic rings. The van der Waals surface area contributed by atoms with Crippen LogP contribution in [0.1, 0.15) is 59.6 Å². The van der Waals surface area contributed by atoms with Gasteiger partial charge in [-0.15, -0.1) is 0 Å². The Bertz CT molecular complexity index is 886. The fourth-order valence-electron chi connectivity index (χ4n) is 3.40. The minimum absolute atomic E-state index is 0.0430. The molecule has 0 fully saturated rings. The second-order valence-electron chi connectivity index (χ2n) is 9.71. The first-order valence-electron chi connectivity index (χ1n) is 10.4. The molecule has 176 valence electrons.